The number of hydrogen-bond acceptors (Lipinski definition) is 0. The fourth-order valence-corrected chi connectivity index (χ4v) is 3.70. The van der Waals surface area contributed by atoms with Crippen LogP contribution in [0.4, 0.5) is 4.39 Å². The predicted octanol–water partition coefficient (Wildman–Crippen LogP) is 10.6. The van der Waals surface area contributed by atoms with E-state index in [1.165, 1.54) is 12.0 Å². The lowest BCUT2D eigenvalue weighted by Gasteiger charge is -2.24. The molecular weight excluding hydrogens is 391 g/mol. The van der Waals surface area contributed by atoms with Crippen LogP contribution in [0.5, 0.6) is 0 Å². The lowest BCUT2D eigenvalue weighted by Crippen LogP contribution is -2.12. The molecule has 1 heteroatoms. The summed E-state index contributed by atoms with van der Waals surface area (Å²) >= 11 is 0. The Morgan fingerprint density at radius 2 is 1.22 bits per heavy atom. The topological polar surface area (TPSA) is 0 Å². The number of allylic oxidation sites excluding steroid dienone is 8. The van der Waals surface area contributed by atoms with Gasteiger partial charge in [0.15, 0.2) is 0 Å². The molecule has 0 rings (SSSR count). The Bertz CT molecular complexity index is 675. The molecule has 0 aromatic heterocycles. The van der Waals surface area contributed by atoms with Gasteiger partial charge in [-0.25, -0.2) is 4.39 Å². The summed E-state index contributed by atoms with van der Waals surface area (Å²) in [5, 5.41) is 0. The van der Waals surface area contributed by atoms with E-state index in [9.17, 15) is 4.39 Å². The van der Waals surface area contributed by atoms with Crippen LogP contribution in [0.3, 0.4) is 0 Å². The summed E-state index contributed by atoms with van der Waals surface area (Å²) in [4.78, 5) is 0. The highest BCUT2D eigenvalue weighted by Gasteiger charge is 2.18. The number of rotatable bonds is 17. The summed E-state index contributed by atoms with van der Waals surface area (Å²) in [5.74, 6) is 1.99. The van der Waals surface area contributed by atoms with Gasteiger partial charge in [-0.3, -0.25) is 0 Å². The normalized spacial score (nSPS) is 16.9. The van der Waals surface area contributed by atoms with Crippen LogP contribution in [0.25, 0.3) is 0 Å². The van der Waals surface area contributed by atoms with Crippen molar-refractivity contribution in [2.24, 2.45) is 29.6 Å². The maximum absolute atomic E-state index is 14.7. The van der Waals surface area contributed by atoms with Gasteiger partial charge in [0.1, 0.15) is 5.83 Å². The number of unbranched alkanes of at least 4 members (excludes halogenated alkanes) is 1. The maximum Gasteiger partial charge on any atom is 0.126 e. The van der Waals surface area contributed by atoms with Gasteiger partial charge >= 0.3 is 0 Å². The summed E-state index contributed by atoms with van der Waals surface area (Å²) in [6.07, 6.45) is 13.5. The van der Waals surface area contributed by atoms with Crippen molar-refractivity contribution in [1.29, 1.82) is 0 Å². The maximum atomic E-state index is 14.7. The van der Waals surface area contributed by atoms with E-state index in [4.69, 9.17) is 0 Å². The van der Waals surface area contributed by atoms with Gasteiger partial charge in [-0.15, -0.1) is 0 Å². The van der Waals surface area contributed by atoms with Gasteiger partial charge in [0, 0.05) is 0 Å². The Balaban J connectivity index is 4.55. The lowest BCUT2D eigenvalue weighted by molar-refractivity contribution is 0.308. The second-order valence-corrected chi connectivity index (χ2v) is 10.3. The Morgan fingerprint density at radius 3 is 1.72 bits per heavy atom. The number of hydrogen-bond donors (Lipinski definition) is 0. The van der Waals surface area contributed by atoms with Crippen molar-refractivity contribution in [3.05, 3.63) is 72.7 Å². The standard InChI is InChI=1S/C31H51F/c1-12-13-14-23(4)29(10)21-31(32)30(11)28(9)20-19-27(8)26(7)18-17-25(6)24(5)16-15-22(2)3/h15-16,21,23,25-28H,2,5,10-14,17-20H2,1,3-4,6-9H3/b16-15-,31-21+. The summed E-state index contributed by atoms with van der Waals surface area (Å²) in [7, 11) is 0. The van der Waals surface area contributed by atoms with Crippen molar-refractivity contribution in [2.45, 2.75) is 93.4 Å². The molecule has 0 aromatic carbocycles. The molecule has 0 saturated carbocycles. The zero-order chi connectivity index (χ0) is 24.8. The zero-order valence-corrected chi connectivity index (χ0v) is 22.3. The van der Waals surface area contributed by atoms with Crippen molar-refractivity contribution in [2.75, 3.05) is 0 Å². The highest BCUT2D eigenvalue weighted by molar-refractivity contribution is 5.32. The summed E-state index contributed by atoms with van der Waals surface area (Å²) < 4.78 is 14.7. The number of halogens is 1. The first-order chi connectivity index (χ1) is 14.9. The lowest BCUT2D eigenvalue weighted by atomic mass is 9.82. The SMILES string of the molecule is C=C(C)/C=C\C(=C)C(C)CCC(C)C(C)CCC(C)C(=C)/C(F)=C\C(=C)C(C)CCCC. The fourth-order valence-electron chi connectivity index (χ4n) is 3.70. The first-order valence-corrected chi connectivity index (χ1v) is 12.7. The van der Waals surface area contributed by atoms with Crippen molar-refractivity contribution in [3.8, 4) is 0 Å². The van der Waals surface area contributed by atoms with E-state index in [1.807, 2.05) is 13.0 Å². The van der Waals surface area contributed by atoms with E-state index in [0.29, 0.717) is 29.2 Å². The first-order valence-electron chi connectivity index (χ1n) is 12.7. The molecule has 0 aliphatic carbocycles. The smallest absolute Gasteiger partial charge is 0.126 e. The van der Waals surface area contributed by atoms with Crippen LogP contribution in [-0.4, -0.2) is 0 Å². The third-order valence-corrected chi connectivity index (χ3v) is 7.13. The third-order valence-electron chi connectivity index (χ3n) is 7.13. The quantitative estimate of drug-likeness (QED) is 0.196. The molecule has 0 heterocycles. The van der Waals surface area contributed by atoms with E-state index in [0.717, 1.165) is 49.7 Å². The van der Waals surface area contributed by atoms with Gasteiger partial charge in [-0.2, -0.15) is 0 Å². The molecular formula is C31H51F. The monoisotopic (exact) mass is 442 g/mol. The molecule has 0 bridgehead atoms. The van der Waals surface area contributed by atoms with Gasteiger partial charge in [0.25, 0.3) is 0 Å². The van der Waals surface area contributed by atoms with Crippen molar-refractivity contribution in [3.63, 3.8) is 0 Å². The Labute approximate surface area is 200 Å². The van der Waals surface area contributed by atoms with Crippen LogP contribution >= 0.6 is 0 Å². The highest BCUT2D eigenvalue weighted by atomic mass is 19.1. The van der Waals surface area contributed by atoms with Gasteiger partial charge < -0.3 is 0 Å². The molecule has 5 unspecified atom stereocenters. The summed E-state index contributed by atoms with van der Waals surface area (Å²) in [6, 6.07) is 0. The molecule has 0 aliphatic rings. The second kappa shape index (κ2) is 16.1. The van der Waals surface area contributed by atoms with Crippen molar-refractivity contribution < 1.29 is 4.39 Å². The van der Waals surface area contributed by atoms with Crippen molar-refractivity contribution in [1.82, 2.24) is 0 Å². The highest BCUT2D eigenvalue weighted by Crippen LogP contribution is 2.31. The minimum atomic E-state index is -0.193. The van der Waals surface area contributed by atoms with E-state index in [1.54, 1.807) is 6.08 Å². The van der Waals surface area contributed by atoms with Crippen LogP contribution in [0.15, 0.2) is 72.7 Å². The second-order valence-electron chi connectivity index (χ2n) is 10.3. The molecule has 182 valence electrons. The van der Waals surface area contributed by atoms with Gasteiger partial charge in [-0.05, 0) is 85.8 Å². The zero-order valence-electron chi connectivity index (χ0n) is 22.3. The van der Waals surface area contributed by atoms with E-state index >= 15 is 0 Å². The molecule has 0 amide bonds. The average molecular weight is 443 g/mol. The molecule has 0 nitrogen and oxygen atoms in total. The Morgan fingerprint density at radius 1 is 0.719 bits per heavy atom. The third kappa shape index (κ3) is 12.4. The molecule has 0 fully saturated rings. The van der Waals surface area contributed by atoms with Crippen LogP contribution < -0.4 is 0 Å². The van der Waals surface area contributed by atoms with Gasteiger partial charge in [-0.1, -0.05) is 104 Å². The van der Waals surface area contributed by atoms with Gasteiger partial charge in [0.2, 0.25) is 0 Å². The fraction of sp³-hybridized carbons (Fsp3) is 0.613. The summed E-state index contributed by atoms with van der Waals surface area (Å²) in [5.41, 5.74) is 3.71. The van der Waals surface area contributed by atoms with Gasteiger partial charge in [0.05, 0.1) is 0 Å². The molecule has 0 saturated heterocycles. The van der Waals surface area contributed by atoms with E-state index in [2.05, 4.69) is 73.9 Å². The van der Waals surface area contributed by atoms with E-state index < -0.39 is 0 Å². The molecule has 0 aromatic rings. The predicted molar refractivity (Wildman–Crippen MR) is 144 cm³/mol. The Kier molecular flexibility index (Phi) is 15.2. The van der Waals surface area contributed by atoms with Crippen LogP contribution in [0, 0.1) is 29.6 Å². The van der Waals surface area contributed by atoms with Crippen LogP contribution in [-0.2, 0) is 0 Å². The molecule has 0 aliphatic heterocycles. The molecule has 0 N–H and O–H groups in total. The van der Waals surface area contributed by atoms with E-state index in [-0.39, 0.29) is 11.7 Å². The molecule has 0 radical (unpaired) electrons. The largest absolute Gasteiger partial charge is 0.207 e. The summed E-state index contributed by atoms with van der Waals surface area (Å²) in [6.45, 7) is 31.6. The molecule has 5 atom stereocenters. The minimum Gasteiger partial charge on any atom is -0.207 e. The first kappa shape index (κ1) is 30.4. The van der Waals surface area contributed by atoms with Crippen molar-refractivity contribution >= 4 is 0 Å². The molecule has 32 heavy (non-hydrogen) atoms. The Hall–Kier alpha value is -1.63. The van der Waals surface area contributed by atoms with Crippen LogP contribution in [0.2, 0.25) is 0 Å². The average Bonchev–Trinajstić information content (AvgIpc) is 2.75. The minimum absolute atomic E-state index is 0.144. The molecule has 0 spiro atoms. The van der Waals surface area contributed by atoms with Crippen LogP contribution in [0.1, 0.15) is 93.4 Å².